The first-order chi connectivity index (χ1) is 17.3. The fourth-order valence-corrected chi connectivity index (χ4v) is 5.02. The molecule has 1 spiro atoms. The fraction of sp³-hybridized carbons (Fsp3) is 0.423. The zero-order chi connectivity index (χ0) is 25.9. The molecule has 4 amide bonds. The van der Waals surface area contributed by atoms with Gasteiger partial charge in [0.25, 0.3) is 5.91 Å². The lowest BCUT2D eigenvalue weighted by molar-refractivity contribution is -0.140. The Balaban J connectivity index is 1.50. The van der Waals surface area contributed by atoms with Crippen LogP contribution in [0.4, 0.5) is 25.0 Å². The molecular formula is C26H31F2N5O3. The number of anilines is 2. The Morgan fingerprint density at radius 1 is 1.00 bits per heavy atom. The Kier molecular flexibility index (Phi) is 7.42. The van der Waals surface area contributed by atoms with Crippen molar-refractivity contribution in [2.75, 3.05) is 49.6 Å². The third kappa shape index (κ3) is 4.84. The van der Waals surface area contributed by atoms with E-state index in [4.69, 9.17) is 0 Å². The van der Waals surface area contributed by atoms with Gasteiger partial charge in [-0.3, -0.25) is 9.59 Å². The predicted molar refractivity (Wildman–Crippen MR) is 132 cm³/mol. The van der Waals surface area contributed by atoms with Gasteiger partial charge in [-0.1, -0.05) is 18.2 Å². The van der Waals surface area contributed by atoms with Crippen LogP contribution >= 0.6 is 0 Å². The van der Waals surface area contributed by atoms with E-state index in [1.54, 1.807) is 14.7 Å². The van der Waals surface area contributed by atoms with Gasteiger partial charge in [0, 0.05) is 43.6 Å². The zero-order valence-electron chi connectivity index (χ0n) is 20.5. The molecule has 2 aliphatic rings. The number of nitrogens with zero attached hydrogens (tertiary/aromatic N) is 4. The van der Waals surface area contributed by atoms with E-state index in [0.717, 1.165) is 17.8 Å². The molecule has 1 N–H and O–H groups in total. The lowest BCUT2D eigenvalue weighted by Gasteiger charge is -2.43. The van der Waals surface area contributed by atoms with Crippen molar-refractivity contribution in [2.45, 2.75) is 32.2 Å². The standard InChI is InChI=1S/C26H31F2N5O3/c1-3-30(4-2)23(34)17-32-18-33(20-8-6-5-7-9-20)26(24(32)35)12-14-31(15-13-26)25(36)29-19-10-11-21(27)22(28)16-19/h5-11,16H,3-4,12-15,17-18H2,1-2H3,(H,29,36). The third-order valence-corrected chi connectivity index (χ3v) is 7.07. The van der Waals surface area contributed by atoms with Crippen LogP contribution in [0.5, 0.6) is 0 Å². The molecule has 2 saturated heterocycles. The molecule has 2 heterocycles. The van der Waals surface area contributed by atoms with Crippen LogP contribution in [0, 0.1) is 11.6 Å². The SMILES string of the molecule is CCN(CC)C(=O)CN1CN(c2ccccc2)C2(CCN(C(=O)Nc3ccc(F)c(F)c3)CC2)C1=O. The van der Waals surface area contributed by atoms with Crippen LogP contribution in [0.1, 0.15) is 26.7 Å². The topological polar surface area (TPSA) is 76.2 Å². The summed E-state index contributed by atoms with van der Waals surface area (Å²) in [6.07, 6.45) is 0.754. The Labute approximate surface area is 209 Å². The summed E-state index contributed by atoms with van der Waals surface area (Å²) in [7, 11) is 0. The molecule has 0 atom stereocenters. The molecule has 2 aromatic carbocycles. The van der Waals surface area contributed by atoms with Crippen molar-refractivity contribution >= 4 is 29.2 Å². The molecule has 0 saturated carbocycles. The summed E-state index contributed by atoms with van der Waals surface area (Å²) in [5.41, 5.74) is 0.162. The molecule has 2 fully saturated rings. The van der Waals surface area contributed by atoms with E-state index in [9.17, 15) is 23.2 Å². The second kappa shape index (κ2) is 10.5. The van der Waals surface area contributed by atoms with E-state index >= 15 is 0 Å². The summed E-state index contributed by atoms with van der Waals surface area (Å²) in [5.74, 6) is -2.24. The summed E-state index contributed by atoms with van der Waals surface area (Å²) in [5, 5.41) is 2.59. The van der Waals surface area contributed by atoms with Crippen molar-refractivity contribution in [2.24, 2.45) is 0 Å². The van der Waals surface area contributed by atoms with Gasteiger partial charge in [-0.25, -0.2) is 13.6 Å². The molecule has 0 aliphatic carbocycles. The van der Waals surface area contributed by atoms with Crippen molar-refractivity contribution in [3.8, 4) is 0 Å². The van der Waals surface area contributed by atoms with Crippen LogP contribution in [0.2, 0.25) is 0 Å². The van der Waals surface area contributed by atoms with Crippen molar-refractivity contribution in [1.29, 1.82) is 0 Å². The number of rotatable bonds is 6. The largest absolute Gasteiger partial charge is 0.342 e. The van der Waals surface area contributed by atoms with Crippen molar-refractivity contribution < 1.29 is 23.2 Å². The second-order valence-corrected chi connectivity index (χ2v) is 9.05. The van der Waals surface area contributed by atoms with Gasteiger partial charge in [-0.2, -0.15) is 0 Å². The maximum atomic E-state index is 13.8. The molecule has 0 radical (unpaired) electrons. The second-order valence-electron chi connectivity index (χ2n) is 9.05. The number of carbonyl (C=O) groups is 3. The molecule has 0 bridgehead atoms. The zero-order valence-corrected chi connectivity index (χ0v) is 20.5. The summed E-state index contributed by atoms with van der Waals surface area (Å²) >= 11 is 0. The summed E-state index contributed by atoms with van der Waals surface area (Å²) in [4.78, 5) is 46.2. The number of likely N-dealkylation sites (N-methyl/N-ethyl adjacent to an activating group) is 1. The number of carbonyl (C=O) groups excluding carboxylic acids is 3. The summed E-state index contributed by atoms with van der Waals surface area (Å²) < 4.78 is 26.7. The highest BCUT2D eigenvalue weighted by Crippen LogP contribution is 2.39. The minimum Gasteiger partial charge on any atom is -0.342 e. The molecule has 36 heavy (non-hydrogen) atoms. The van der Waals surface area contributed by atoms with E-state index in [1.807, 2.05) is 49.1 Å². The molecule has 8 nitrogen and oxygen atoms in total. The Bertz CT molecular complexity index is 1120. The lowest BCUT2D eigenvalue weighted by Crippen LogP contribution is -2.58. The van der Waals surface area contributed by atoms with Crippen LogP contribution in [0.25, 0.3) is 0 Å². The predicted octanol–water partition coefficient (Wildman–Crippen LogP) is 3.51. The maximum Gasteiger partial charge on any atom is 0.321 e. The highest BCUT2D eigenvalue weighted by Gasteiger charge is 2.54. The van der Waals surface area contributed by atoms with Gasteiger partial charge in [0.2, 0.25) is 5.91 Å². The van der Waals surface area contributed by atoms with Crippen molar-refractivity contribution in [3.63, 3.8) is 0 Å². The third-order valence-electron chi connectivity index (χ3n) is 7.07. The smallest absolute Gasteiger partial charge is 0.321 e. The number of urea groups is 1. The number of hydrogen-bond donors (Lipinski definition) is 1. The number of amides is 4. The van der Waals surface area contributed by atoms with E-state index in [2.05, 4.69) is 5.32 Å². The Hall–Kier alpha value is -3.69. The van der Waals surface area contributed by atoms with Crippen molar-refractivity contribution in [1.82, 2.24) is 14.7 Å². The molecular weight excluding hydrogens is 468 g/mol. The number of likely N-dealkylation sites (tertiary alicyclic amines) is 1. The normalized spacial score (nSPS) is 17.0. The summed E-state index contributed by atoms with van der Waals surface area (Å²) in [6, 6.07) is 12.3. The van der Waals surface area contributed by atoms with Crippen LogP contribution in [0.15, 0.2) is 48.5 Å². The maximum absolute atomic E-state index is 13.8. The van der Waals surface area contributed by atoms with Gasteiger partial charge in [-0.15, -0.1) is 0 Å². The molecule has 2 aliphatic heterocycles. The highest BCUT2D eigenvalue weighted by molar-refractivity contribution is 5.97. The Morgan fingerprint density at radius 2 is 1.67 bits per heavy atom. The van der Waals surface area contributed by atoms with E-state index in [-0.39, 0.29) is 30.7 Å². The average Bonchev–Trinajstić information content (AvgIpc) is 3.14. The molecule has 0 aromatic heterocycles. The van der Waals surface area contributed by atoms with Gasteiger partial charge in [0.1, 0.15) is 12.1 Å². The Morgan fingerprint density at radius 3 is 2.28 bits per heavy atom. The number of para-hydroxylation sites is 1. The minimum atomic E-state index is -1.04. The number of nitrogens with one attached hydrogen (secondary N) is 1. The van der Waals surface area contributed by atoms with Crippen LogP contribution in [-0.2, 0) is 9.59 Å². The molecule has 192 valence electrons. The quantitative estimate of drug-likeness (QED) is 0.660. The van der Waals surface area contributed by atoms with Crippen LogP contribution < -0.4 is 10.2 Å². The number of benzene rings is 2. The number of halogens is 2. The van der Waals surface area contributed by atoms with E-state index < -0.39 is 23.2 Å². The molecule has 4 rings (SSSR count). The summed E-state index contributed by atoms with van der Waals surface area (Å²) in [6.45, 7) is 5.85. The number of hydrogen-bond acceptors (Lipinski definition) is 4. The van der Waals surface area contributed by atoms with Crippen LogP contribution in [-0.4, -0.2) is 77.5 Å². The van der Waals surface area contributed by atoms with Gasteiger partial charge < -0.3 is 24.9 Å². The lowest BCUT2D eigenvalue weighted by atomic mass is 9.85. The van der Waals surface area contributed by atoms with Gasteiger partial charge in [0.15, 0.2) is 11.6 Å². The first kappa shape index (κ1) is 25.4. The van der Waals surface area contributed by atoms with E-state index in [0.29, 0.717) is 39.0 Å². The van der Waals surface area contributed by atoms with Gasteiger partial charge in [-0.05, 0) is 51.0 Å². The molecule has 0 unspecified atom stereocenters. The minimum absolute atomic E-state index is 0.00588. The van der Waals surface area contributed by atoms with Gasteiger partial charge in [0.05, 0.1) is 6.67 Å². The first-order valence-corrected chi connectivity index (χ1v) is 12.2. The molecule has 2 aromatic rings. The average molecular weight is 500 g/mol. The fourth-order valence-electron chi connectivity index (χ4n) is 5.02. The van der Waals surface area contributed by atoms with Gasteiger partial charge >= 0.3 is 6.03 Å². The molecule has 10 heteroatoms. The van der Waals surface area contributed by atoms with E-state index in [1.165, 1.54) is 6.07 Å². The highest BCUT2D eigenvalue weighted by atomic mass is 19.2. The number of piperidine rings is 1. The van der Waals surface area contributed by atoms with Crippen LogP contribution in [0.3, 0.4) is 0 Å². The first-order valence-electron chi connectivity index (χ1n) is 12.2. The monoisotopic (exact) mass is 499 g/mol. The van der Waals surface area contributed by atoms with Crippen molar-refractivity contribution in [3.05, 3.63) is 60.2 Å².